The third-order valence-electron chi connectivity index (χ3n) is 8.69. The number of para-hydroxylation sites is 1. The zero-order valence-electron chi connectivity index (χ0n) is 25.2. The van der Waals surface area contributed by atoms with Crippen LogP contribution in [0.4, 0.5) is 21.5 Å². The Bertz CT molecular complexity index is 1850. The van der Waals surface area contributed by atoms with Crippen molar-refractivity contribution in [3.8, 4) is 0 Å². The van der Waals surface area contributed by atoms with E-state index in [4.69, 9.17) is 4.99 Å². The Hall–Kier alpha value is -5.24. The molecule has 4 aromatic carbocycles. The number of benzene rings is 4. The standard InChI is InChI=1S/C37H35FN6O/c1-26-6-8-27(9-7-26)25-40-36(45)24-35-33-4-2-3-5-34(33)41-37(43-20-18-42(19-21-43)31-14-16-39-17-15-31)44(35)32-13-11-28-22-30(38)12-10-29(28)23-32/h2-17,22-23,35H,18-21,24-25H2,1H3,(H,40,45). The van der Waals surface area contributed by atoms with Crippen molar-refractivity contribution < 1.29 is 9.18 Å². The summed E-state index contributed by atoms with van der Waals surface area (Å²) in [6.07, 6.45) is 3.90. The Kier molecular flexibility index (Phi) is 7.86. The Balaban J connectivity index is 1.23. The molecule has 1 fully saturated rings. The minimum atomic E-state index is -0.289. The highest BCUT2D eigenvalue weighted by Gasteiger charge is 2.36. The van der Waals surface area contributed by atoms with E-state index in [1.165, 1.54) is 11.6 Å². The van der Waals surface area contributed by atoms with Gasteiger partial charge in [-0.2, -0.15) is 0 Å². The lowest BCUT2D eigenvalue weighted by atomic mass is 9.96. The quantitative estimate of drug-likeness (QED) is 0.234. The Morgan fingerprint density at radius 1 is 0.822 bits per heavy atom. The zero-order valence-corrected chi connectivity index (χ0v) is 25.2. The van der Waals surface area contributed by atoms with E-state index < -0.39 is 0 Å². The second-order valence-electron chi connectivity index (χ2n) is 11.7. The van der Waals surface area contributed by atoms with Crippen molar-refractivity contribution in [2.75, 3.05) is 36.0 Å². The summed E-state index contributed by atoms with van der Waals surface area (Å²) in [6.45, 7) is 5.72. The van der Waals surface area contributed by atoms with Crippen LogP contribution in [0.5, 0.6) is 0 Å². The molecular weight excluding hydrogens is 563 g/mol. The molecule has 5 aromatic rings. The number of anilines is 2. The van der Waals surface area contributed by atoms with E-state index in [1.54, 1.807) is 12.1 Å². The number of aliphatic imine (C=N–C) groups is 1. The molecule has 0 bridgehead atoms. The molecule has 0 saturated carbocycles. The molecule has 1 N–H and O–H groups in total. The number of guanidine groups is 1. The Morgan fingerprint density at radius 3 is 2.33 bits per heavy atom. The SMILES string of the molecule is Cc1ccc(CNC(=O)CC2c3ccccc3N=C(N3CCN(c4ccncc4)CC3)N2c2ccc3cc(F)ccc3c2)cc1. The van der Waals surface area contributed by atoms with Crippen LogP contribution >= 0.6 is 0 Å². The number of hydrogen-bond acceptors (Lipinski definition) is 6. The van der Waals surface area contributed by atoms with Crippen molar-refractivity contribution >= 4 is 39.7 Å². The normalized spacial score (nSPS) is 16.4. The number of nitrogens with one attached hydrogen (secondary N) is 1. The van der Waals surface area contributed by atoms with Crippen molar-refractivity contribution in [3.63, 3.8) is 0 Å². The molecule has 1 atom stereocenters. The smallest absolute Gasteiger partial charge is 0.222 e. The molecule has 1 saturated heterocycles. The fourth-order valence-corrected chi connectivity index (χ4v) is 6.26. The number of amides is 1. The number of aryl methyl sites for hydroxylation is 1. The Morgan fingerprint density at radius 2 is 1.53 bits per heavy atom. The first kappa shape index (κ1) is 28.5. The van der Waals surface area contributed by atoms with Crippen LogP contribution in [0.25, 0.3) is 10.8 Å². The topological polar surface area (TPSA) is 64.1 Å². The van der Waals surface area contributed by atoms with Crippen molar-refractivity contribution in [1.29, 1.82) is 0 Å². The summed E-state index contributed by atoms with van der Waals surface area (Å²) < 4.78 is 14.0. The van der Waals surface area contributed by atoms with Crippen molar-refractivity contribution in [1.82, 2.24) is 15.2 Å². The third-order valence-corrected chi connectivity index (χ3v) is 8.69. The lowest BCUT2D eigenvalue weighted by molar-refractivity contribution is -0.121. The highest BCUT2D eigenvalue weighted by Crippen LogP contribution is 2.41. The molecule has 0 aliphatic carbocycles. The van der Waals surface area contributed by atoms with Gasteiger partial charge in [0.15, 0.2) is 0 Å². The van der Waals surface area contributed by atoms with Crippen LogP contribution in [-0.4, -0.2) is 47.9 Å². The van der Waals surface area contributed by atoms with Crippen molar-refractivity contribution in [2.45, 2.75) is 25.9 Å². The van der Waals surface area contributed by atoms with E-state index in [9.17, 15) is 9.18 Å². The second kappa shape index (κ2) is 12.4. The summed E-state index contributed by atoms with van der Waals surface area (Å²) in [5, 5.41) is 4.91. The molecule has 1 aromatic heterocycles. The van der Waals surface area contributed by atoms with Crippen LogP contribution in [0.3, 0.4) is 0 Å². The molecule has 1 amide bonds. The molecule has 2 aliphatic rings. The summed E-state index contributed by atoms with van der Waals surface area (Å²) in [4.78, 5) is 29.9. The summed E-state index contributed by atoms with van der Waals surface area (Å²) >= 11 is 0. The van der Waals surface area contributed by atoms with E-state index in [1.807, 2.05) is 67.0 Å². The average Bonchev–Trinajstić information content (AvgIpc) is 3.08. The van der Waals surface area contributed by atoms with Gasteiger partial charge in [0.05, 0.1) is 18.2 Å². The van der Waals surface area contributed by atoms with E-state index >= 15 is 0 Å². The van der Waals surface area contributed by atoms with Crippen molar-refractivity contribution in [2.24, 2.45) is 4.99 Å². The molecule has 45 heavy (non-hydrogen) atoms. The minimum absolute atomic E-state index is 0.0352. The first-order valence-corrected chi connectivity index (χ1v) is 15.4. The van der Waals surface area contributed by atoms with Gasteiger partial charge in [-0.15, -0.1) is 0 Å². The first-order valence-electron chi connectivity index (χ1n) is 15.4. The predicted molar refractivity (Wildman–Crippen MR) is 178 cm³/mol. The second-order valence-corrected chi connectivity index (χ2v) is 11.7. The number of pyridine rings is 1. The maximum Gasteiger partial charge on any atom is 0.222 e. The van der Waals surface area contributed by atoms with Gasteiger partial charge >= 0.3 is 0 Å². The van der Waals surface area contributed by atoms with E-state index in [2.05, 4.69) is 56.2 Å². The van der Waals surface area contributed by atoms with Crippen LogP contribution in [0.2, 0.25) is 0 Å². The summed E-state index contributed by atoms with van der Waals surface area (Å²) in [6, 6.07) is 31.0. The third kappa shape index (κ3) is 6.09. The summed E-state index contributed by atoms with van der Waals surface area (Å²) in [5.41, 5.74) is 6.19. The molecular formula is C37H35FN6O. The number of hydrogen-bond donors (Lipinski definition) is 1. The van der Waals surface area contributed by atoms with Gasteiger partial charge in [0, 0.05) is 62.1 Å². The molecule has 0 spiro atoms. The summed E-state index contributed by atoms with van der Waals surface area (Å²) in [7, 11) is 0. The number of fused-ring (bicyclic) bond motifs is 2. The highest BCUT2D eigenvalue weighted by molar-refractivity contribution is 6.03. The fraction of sp³-hybridized carbons (Fsp3) is 0.216. The molecule has 2 aliphatic heterocycles. The lowest BCUT2D eigenvalue weighted by Gasteiger charge is -2.45. The van der Waals surface area contributed by atoms with Crippen LogP contribution < -0.4 is 15.1 Å². The number of nitrogens with zero attached hydrogens (tertiary/aromatic N) is 5. The largest absolute Gasteiger partial charge is 0.368 e. The fourth-order valence-electron chi connectivity index (χ4n) is 6.26. The van der Waals surface area contributed by atoms with Crippen molar-refractivity contribution in [3.05, 3.63) is 132 Å². The van der Waals surface area contributed by atoms with Gasteiger partial charge in [0.1, 0.15) is 5.82 Å². The number of rotatable bonds is 6. The number of piperazine rings is 1. The first-order chi connectivity index (χ1) is 22.0. The molecule has 3 heterocycles. The number of halogens is 1. The zero-order chi connectivity index (χ0) is 30.8. The highest BCUT2D eigenvalue weighted by atomic mass is 19.1. The average molecular weight is 599 g/mol. The number of carbonyl (C=O) groups is 1. The monoisotopic (exact) mass is 598 g/mol. The Labute approximate surface area is 262 Å². The van der Waals surface area contributed by atoms with E-state index in [-0.39, 0.29) is 24.2 Å². The summed E-state index contributed by atoms with van der Waals surface area (Å²) in [5.74, 6) is 0.521. The van der Waals surface area contributed by atoms with Gasteiger partial charge in [-0.25, -0.2) is 9.38 Å². The van der Waals surface area contributed by atoms with Gasteiger partial charge in [0.25, 0.3) is 0 Å². The molecule has 1 unspecified atom stereocenters. The molecule has 226 valence electrons. The van der Waals surface area contributed by atoms with Crippen LogP contribution in [0, 0.1) is 12.7 Å². The van der Waals surface area contributed by atoms with Gasteiger partial charge in [-0.05, 0) is 65.7 Å². The van der Waals surface area contributed by atoms with Gasteiger partial charge in [0.2, 0.25) is 11.9 Å². The molecule has 7 nitrogen and oxygen atoms in total. The molecule has 8 heteroatoms. The number of carbonyl (C=O) groups excluding carboxylic acids is 1. The minimum Gasteiger partial charge on any atom is -0.368 e. The van der Waals surface area contributed by atoms with E-state index in [0.717, 1.165) is 71.1 Å². The lowest BCUT2D eigenvalue weighted by Crippen LogP contribution is -2.55. The maximum absolute atomic E-state index is 14.0. The van der Waals surface area contributed by atoms with Crippen LogP contribution in [0.1, 0.15) is 29.2 Å². The number of aromatic nitrogens is 1. The van der Waals surface area contributed by atoms with Gasteiger partial charge in [-0.1, -0.05) is 60.2 Å². The van der Waals surface area contributed by atoms with Crippen LogP contribution in [-0.2, 0) is 11.3 Å². The van der Waals surface area contributed by atoms with E-state index in [0.29, 0.717) is 6.54 Å². The molecule has 0 radical (unpaired) electrons. The maximum atomic E-state index is 14.0. The van der Waals surface area contributed by atoms with Crippen LogP contribution in [0.15, 0.2) is 114 Å². The van der Waals surface area contributed by atoms with Gasteiger partial charge < -0.3 is 20.0 Å². The predicted octanol–water partition coefficient (Wildman–Crippen LogP) is 6.76. The molecule has 7 rings (SSSR count). The van der Waals surface area contributed by atoms with Gasteiger partial charge in [-0.3, -0.25) is 9.78 Å².